The molecule has 0 radical (unpaired) electrons. The van der Waals surface area contributed by atoms with Crippen LogP contribution in [-0.4, -0.2) is 17.7 Å². The van der Waals surface area contributed by atoms with Crippen molar-refractivity contribution in [2.75, 3.05) is 6.61 Å². The van der Waals surface area contributed by atoms with E-state index in [0.29, 0.717) is 32.9 Å². The fourth-order valence-electron chi connectivity index (χ4n) is 2.18. The van der Waals surface area contributed by atoms with E-state index in [2.05, 4.69) is 0 Å². The van der Waals surface area contributed by atoms with Crippen molar-refractivity contribution in [3.05, 3.63) is 57.1 Å². The first-order valence-corrected chi connectivity index (χ1v) is 7.54. The van der Waals surface area contributed by atoms with Crippen LogP contribution in [0.15, 0.2) is 35.9 Å². The van der Waals surface area contributed by atoms with Crippen LogP contribution >= 0.6 is 23.2 Å². The highest BCUT2D eigenvalue weighted by atomic mass is 35.5. The van der Waals surface area contributed by atoms with E-state index in [1.54, 1.807) is 24.3 Å². The second-order valence-electron chi connectivity index (χ2n) is 5.12. The Morgan fingerprint density at radius 1 is 1.17 bits per heavy atom. The van der Waals surface area contributed by atoms with Crippen LogP contribution < -0.4 is 9.47 Å². The summed E-state index contributed by atoms with van der Waals surface area (Å²) in [5, 5.41) is 9.83. The summed E-state index contributed by atoms with van der Waals surface area (Å²) in [5.41, 5.74) is 1.79. The Morgan fingerprint density at radius 3 is 2.61 bits per heavy atom. The summed E-state index contributed by atoms with van der Waals surface area (Å²) >= 11 is 12.4. The predicted molar refractivity (Wildman–Crippen MR) is 88.8 cm³/mol. The molecule has 0 atom stereocenters. The summed E-state index contributed by atoms with van der Waals surface area (Å²) in [6, 6.07) is 8.67. The van der Waals surface area contributed by atoms with Crippen LogP contribution in [0.5, 0.6) is 17.2 Å². The lowest BCUT2D eigenvalue weighted by Crippen LogP contribution is -2.14. The van der Waals surface area contributed by atoms with Crippen LogP contribution in [0.2, 0.25) is 10.0 Å². The zero-order valence-electron chi connectivity index (χ0n) is 12.1. The van der Waals surface area contributed by atoms with E-state index in [-0.39, 0.29) is 12.2 Å². The smallest absolute Gasteiger partial charge is 0.335 e. The van der Waals surface area contributed by atoms with Crippen molar-refractivity contribution in [1.82, 2.24) is 0 Å². The molecule has 0 bridgehead atoms. The molecule has 2 aromatic rings. The summed E-state index contributed by atoms with van der Waals surface area (Å²) < 4.78 is 11.2. The lowest BCUT2D eigenvalue weighted by atomic mass is 10.1. The van der Waals surface area contributed by atoms with Crippen LogP contribution in [0.1, 0.15) is 11.1 Å². The number of carbonyl (C=O) groups is 1. The standard InChI is InChI=1S/C17H12Cl2O4/c1-9-2-3-14(12(18)4-9)23-16-7-15-10(6-13(16)19)5-11(8-22-15)17(20)21/h2-7H,8H2,1H3,(H,20,21). The van der Waals surface area contributed by atoms with Crippen LogP contribution in [0.3, 0.4) is 0 Å². The number of carboxylic acid groups (broad SMARTS) is 1. The summed E-state index contributed by atoms with van der Waals surface area (Å²) in [7, 11) is 0. The molecule has 6 heteroatoms. The molecule has 0 aromatic heterocycles. The van der Waals surface area contributed by atoms with E-state index in [4.69, 9.17) is 37.8 Å². The zero-order valence-corrected chi connectivity index (χ0v) is 13.6. The fourth-order valence-corrected chi connectivity index (χ4v) is 2.67. The lowest BCUT2D eigenvalue weighted by Gasteiger charge is -2.18. The van der Waals surface area contributed by atoms with Crippen molar-refractivity contribution < 1.29 is 19.4 Å². The summed E-state index contributed by atoms with van der Waals surface area (Å²) in [6.07, 6.45) is 1.54. The second-order valence-corrected chi connectivity index (χ2v) is 5.93. The quantitative estimate of drug-likeness (QED) is 0.850. The normalized spacial score (nSPS) is 12.9. The van der Waals surface area contributed by atoms with E-state index in [1.807, 2.05) is 13.0 Å². The van der Waals surface area contributed by atoms with Crippen molar-refractivity contribution >= 4 is 35.2 Å². The van der Waals surface area contributed by atoms with Crippen molar-refractivity contribution in [3.8, 4) is 17.2 Å². The fraction of sp³-hybridized carbons (Fsp3) is 0.118. The average Bonchev–Trinajstić information content (AvgIpc) is 2.50. The number of aryl methyl sites for hydroxylation is 1. The number of fused-ring (bicyclic) bond motifs is 1. The maximum absolute atomic E-state index is 11.0. The molecule has 2 aromatic carbocycles. The monoisotopic (exact) mass is 350 g/mol. The van der Waals surface area contributed by atoms with E-state index >= 15 is 0 Å². The van der Waals surface area contributed by atoms with Gasteiger partial charge in [0.1, 0.15) is 23.9 Å². The number of rotatable bonds is 3. The number of hydrogen-bond acceptors (Lipinski definition) is 3. The third-order valence-electron chi connectivity index (χ3n) is 3.36. The number of halogens is 2. The van der Waals surface area contributed by atoms with Gasteiger partial charge in [-0.05, 0) is 36.8 Å². The second kappa shape index (κ2) is 6.14. The molecule has 1 heterocycles. The Kier molecular flexibility index (Phi) is 4.20. The van der Waals surface area contributed by atoms with Gasteiger partial charge in [0, 0.05) is 11.6 Å². The zero-order chi connectivity index (χ0) is 16.6. The van der Waals surface area contributed by atoms with Gasteiger partial charge >= 0.3 is 5.97 Å². The summed E-state index contributed by atoms with van der Waals surface area (Å²) in [6.45, 7) is 1.93. The molecule has 0 unspecified atom stereocenters. The maximum Gasteiger partial charge on any atom is 0.335 e. The molecule has 3 rings (SSSR count). The number of benzene rings is 2. The Bertz CT molecular complexity index is 828. The van der Waals surface area contributed by atoms with Gasteiger partial charge in [0.2, 0.25) is 0 Å². The number of aliphatic carboxylic acids is 1. The third kappa shape index (κ3) is 3.28. The first kappa shape index (κ1) is 15.7. The summed E-state index contributed by atoms with van der Waals surface area (Å²) in [4.78, 5) is 11.0. The minimum atomic E-state index is -1.02. The Morgan fingerprint density at radius 2 is 1.91 bits per heavy atom. The van der Waals surface area contributed by atoms with Gasteiger partial charge in [-0.15, -0.1) is 0 Å². The van der Waals surface area contributed by atoms with Gasteiger partial charge in [0.15, 0.2) is 0 Å². The Labute approximate surface area is 142 Å². The Hall–Kier alpha value is -2.17. The van der Waals surface area contributed by atoms with Crippen molar-refractivity contribution in [3.63, 3.8) is 0 Å². The summed E-state index contributed by atoms with van der Waals surface area (Å²) in [5.74, 6) is 0.371. The topological polar surface area (TPSA) is 55.8 Å². The predicted octanol–water partition coefficient (Wildman–Crippen LogP) is 4.95. The number of carboxylic acids is 1. The van der Waals surface area contributed by atoms with Crippen LogP contribution in [0.4, 0.5) is 0 Å². The van der Waals surface area contributed by atoms with E-state index < -0.39 is 5.97 Å². The highest BCUT2D eigenvalue weighted by Crippen LogP contribution is 2.39. The largest absolute Gasteiger partial charge is 0.488 e. The minimum absolute atomic E-state index is 0.00526. The molecule has 23 heavy (non-hydrogen) atoms. The first-order chi connectivity index (χ1) is 10.9. The molecule has 0 spiro atoms. The molecule has 0 saturated carbocycles. The van der Waals surface area contributed by atoms with Gasteiger partial charge in [-0.2, -0.15) is 0 Å². The molecule has 0 aliphatic carbocycles. The first-order valence-electron chi connectivity index (χ1n) is 6.78. The molecule has 0 fully saturated rings. The van der Waals surface area contributed by atoms with Crippen molar-refractivity contribution in [2.24, 2.45) is 0 Å². The van der Waals surface area contributed by atoms with E-state index in [9.17, 15) is 4.79 Å². The molecule has 1 N–H and O–H groups in total. The lowest BCUT2D eigenvalue weighted by molar-refractivity contribution is -0.132. The van der Waals surface area contributed by atoms with Gasteiger partial charge in [-0.3, -0.25) is 0 Å². The number of ether oxygens (including phenoxy) is 2. The molecule has 0 amide bonds. The maximum atomic E-state index is 11.0. The van der Waals surface area contributed by atoms with Gasteiger partial charge in [-0.1, -0.05) is 29.3 Å². The van der Waals surface area contributed by atoms with E-state index in [0.717, 1.165) is 5.56 Å². The Balaban J connectivity index is 1.95. The van der Waals surface area contributed by atoms with E-state index in [1.165, 1.54) is 6.08 Å². The van der Waals surface area contributed by atoms with Gasteiger partial charge in [0.25, 0.3) is 0 Å². The van der Waals surface area contributed by atoms with Gasteiger partial charge < -0.3 is 14.6 Å². The molecule has 1 aliphatic rings. The van der Waals surface area contributed by atoms with Gasteiger partial charge in [0.05, 0.1) is 15.6 Å². The molecular weight excluding hydrogens is 339 g/mol. The van der Waals surface area contributed by atoms with Crippen molar-refractivity contribution in [2.45, 2.75) is 6.92 Å². The molecule has 118 valence electrons. The van der Waals surface area contributed by atoms with Crippen molar-refractivity contribution in [1.29, 1.82) is 0 Å². The molecule has 4 nitrogen and oxygen atoms in total. The van der Waals surface area contributed by atoms with Crippen LogP contribution in [-0.2, 0) is 4.79 Å². The highest BCUT2D eigenvalue weighted by Gasteiger charge is 2.19. The SMILES string of the molecule is Cc1ccc(Oc2cc3c(cc2Cl)C=C(C(=O)O)CO3)c(Cl)c1. The minimum Gasteiger partial charge on any atom is -0.488 e. The van der Waals surface area contributed by atoms with Gasteiger partial charge in [-0.25, -0.2) is 4.79 Å². The molecule has 1 aliphatic heterocycles. The number of hydrogen-bond donors (Lipinski definition) is 1. The van der Waals surface area contributed by atoms with Crippen LogP contribution in [0, 0.1) is 6.92 Å². The highest BCUT2D eigenvalue weighted by molar-refractivity contribution is 6.33. The molecule has 0 saturated heterocycles. The third-order valence-corrected chi connectivity index (χ3v) is 3.95. The average molecular weight is 351 g/mol. The molecular formula is C17H12Cl2O4. The van der Waals surface area contributed by atoms with Crippen LogP contribution in [0.25, 0.3) is 6.08 Å².